The van der Waals surface area contributed by atoms with E-state index in [4.69, 9.17) is 4.74 Å². The lowest BCUT2D eigenvalue weighted by atomic mass is 10.0. The van der Waals surface area contributed by atoms with Crippen LogP contribution in [0.4, 0.5) is 0 Å². The number of rotatable bonds is 4. The first kappa shape index (κ1) is 11.6. The van der Waals surface area contributed by atoms with Crippen molar-refractivity contribution in [3.63, 3.8) is 0 Å². The fourth-order valence-electron chi connectivity index (χ4n) is 1.36. The van der Waals surface area contributed by atoms with Gasteiger partial charge in [0.05, 0.1) is 7.11 Å². The second kappa shape index (κ2) is 5.40. The van der Waals surface area contributed by atoms with Gasteiger partial charge in [-0.3, -0.25) is 0 Å². The average Bonchev–Trinajstić information content (AvgIpc) is 2.29. The molecule has 0 bridgehead atoms. The van der Waals surface area contributed by atoms with E-state index in [9.17, 15) is 0 Å². The lowest BCUT2D eigenvalue weighted by Crippen LogP contribution is -1.86. The topological polar surface area (TPSA) is 9.23 Å². The summed E-state index contributed by atoms with van der Waals surface area (Å²) in [5, 5.41) is 0. The van der Waals surface area contributed by atoms with Gasteiger partial charge < -0.3 is 4.74 Å². The number of methoxy groups -OCH3 is 1. The second-order valence-corrected chi connectivity index (χ2v) is 3.54. The third-order valence-electron chi connectivity index (χ3n) is 2.47. The summed E-state index contributed by atoms with van der Waals surface area (Å²) in [7, 11) is 1.68. The Morgan fingerprint density at radius 1 is 1.40 bits per heavy atom. The molecule has 1 aromatic rings. The van der Waals surface area contributed by atoms with Gasteiger partial charge in [0.25, 0.3) is 0 Å². The number of hydrogen-bond donors (Lipinski definition) is 0. The summed E-state index contributed by atoms with van der Waals surface area (Å²) >= 11 is 0. The Labute approximate surface area is 92.1 Å². The van der Waals surface area contributed by atoms with Crippen molar-refractivity contribution < 1.29 is 4.74 Å². The van der Waals surface area contributed by atoms with Gasteiger partial charge in [-0.25, -0.2) is 0 Å². The van der Waals surface area contributed by atoms with Crippen LogP contribution in [-0.2, 0) is 0 Å². The fourth-order valence-corrected chi connectivity index (χ4v) is 1.36. The summed E-state index contributed by atoms with van der Waals surface area (Å²) in [6.45, 7) is 8.11. The van der Waals surface area contributed by atoms with Crippen LogP contribution < -0.4 is 4.74 Å². The normalized spacial score (nSPS) is 11.3. The smallest absolute Gasteiger partial charge is 0.119 e. The summed E-state index contributed by atoms with van der Waals surface area (Å²) in [5.41, 5.74) is 3.68. The molecule has 0 aromatic heterocycles. The van der Waals surface area contributed by atoms with Crippen LogP contribution in [0.5, 0.6) is 5.75 Å². The molecular weight excluding hydrogens is 184 g/mol. The Bertz CT molecular complexity index is 375. The lowest BCUT2D eigenvalue weighted by molar-refractivity contribution is 0.414. The monoisotopic (exact) mass is 202 g/mol. The van der Waals surface area contributed by atoms with Crippen molar-refractivity contribution >= 4 is 12.2 Å². The van der Waals surface area contributed by atoms with Crippen LogP contribution >= 0.6 is 0 Å². The molecule has 0 aliphatic heterocycles. The molecule has 1 aromatic carbocycles. The van der Waals surface area contributed by atoms with Gasteiger partial charge >= 0.3 is 0 Å². The quantitative estimate of drug-likeness (QED) is 0.712. The maximum Gasteiger partial charge on any atom is 0.119 e. The molecule has 0 spiro atoms. The zero-order chi connectivity index (χ0) is 11.3. The molecule has 0 radical (unpaired) electrons. The molecule has 0 unspecified atom stereocenters. The lowest BCUT2D eigenvalue weighted by Gasteiger charge is -2.06. The van der Waals surface area contributed by atoms with Gasteiger partial charge in [-0.05, 0) is 36.6 Å². The van der Waals surface area contributed by atoms with Crippen molar-refractivity contribution in [2.24, 2.45) is 0 Å². The predicted octanol–water partition coefficient (Wildman–Crippen LogP) is 4.15. The van der Waals surface area contributed by atoms with E-state index in [1.165, 1.54) is 11.1 Å². The number of benzene rings is 1. The zero-order valence-corrected chi connectivity index (χ0v) is 9.71. The number of hydrogen-bond acceptors (Lipinski definition) is 1. The first-order valence-electron chi connectivity index (χ1n) is 5.19. The third kappa shape index (κ3) is 2.98. The molecule has 0 heterocycles. The minimum absolute atomic E-state index is 0.871. The van der Waals surface area contributed by atoms with Crippen molar-refractivity contribution in [3.8, 4) is 5.75 Å². The Kier molecular flexibility index (Phi) is 4.17. The highest BCUT2D eigenvalue weighted by atomic mass is 16.5. The van der Waals surface area contributed by atoms with Crippen molar-refractivity contribution in [2.45, 2.75) is 20.3 Å². The molecule has 1 heteroatoms. The van der Waals surface area contributed by atoms with Crippen LogP contribution in [0.15, 0.2) is 30.4 Å². The Morgan fingerprint density at radius 2 is 2.13 bits per heavy atom. The first-order chi connectivity index (χ1) is 7.21. The average molecular weight is 202 g/mol. The zero-order valence-electron chi connectivity index (χ0n) is 9.71. The van der Waals surface area contributed by atoms with Gasteiger partial charge in [0.2, 0.25) is 0 Å². The van der Waals surface area contributed by atoms with E-state index in [0.29, 0.717) is 0 Å². The molecule has 0 atom stereocenters. The predicted molar refractivity (Wildman–Crippen MR) is 67.0 cm³/mol. The van der Waals surface area contributed by atoms with Crippen molar-refractivity contribution in [3.05, 3.63) is 41.5 Å². The summed E-state index contributed by atoms with van der Waals surface area (Å²) in [6, 6.07) is 6.04. The Hall–Kier alpha value is -1.50. The molecule has 0 amide bonds. The van der Waals surface area contributed by atoms with Gasteiger partial charge in [0.1, 0.15) is 5.75 Å². The molecule has 0 saturated carbocycles. The van der Waals surface area contributed by atoms with E-state index < -0.39 is 0 Å². The van der Waals surface area contributed by atoms with Crippen LogP contribution in [-0.4, -0.2) is 7.11 Å². The molecule has 0 aliphatic carbocycles. The van der Waals surface area contributed by atoms with Crippen LogP contribution in [0.3, 0.4) is 0 Å². The molecule has 1 nitrogen and oxygen atoms in total. The van der Waals surface area contributed by atoms with E-state index in [1.54, 1.807) is 7.11 Å². The SMILES string of the molecule is C=Cc1cc(OC)ccc1/C=C(\C)CC. The molecule has 80 valence electrons. The van der Waals surface area contributed by atoms with E-state index in [1.807, 2.05) is 18.2 Å². The van der Waals surface area contributed by atoms with Crippen LogP contribution in [0.2, 0.25) is 0 Å². The number of allylic oxidation sites excluding steroid dienone is 1. The molecule has 15 heavy (non-hydrogen) atoms. The van der Waals surface area contributed by atoms with Crippen LogP contribution in [0.1, 0.15) is 31.4 Å². The van der Waals surface area contributed by atoms with Gasteiger partial charge in [-0.1, -0.05) is 37.3 Å². The summed E-state index contributed by atoms with van der Waals surface area (Å²) in [5.74, 6) is 0.871. The molecular formula is C14H18O. The Balaban J connectivity index is 3.13. The van der Waals surface area contributed by atoms with E-state index in [2.05, 4.69) is 32.6 Å². The Morgan fingerprint density at radius 3 is 2.67 bits per heavy atom. The van der Waals surface area contributed by atoms with Crippen LogP contribution in [0, 0.1) is 0 Å². The van der Waals surface area contributed by atoms with Crippen molar-refractivity contribution in [1.29, 1.82) is 0 Å². The minimum atomic E-state index is 0.871. The summed E-state index contributed by atoms with van der Waals surface area (Å²) < 4.78 is 5.17. The maximum absolute atomic E-state index is 5.17. The van der Waals surface area contributed by atoms with Gasteiger partial charge in [0.15, 0.2) is 0 Å². The van der Waals surface area contributed by atoms with Crippen molar-refractivity contribution in [2.75, 3.05) is 7.11 Å². The van der Waals surface area contributed by atoms with E-state index in [-0.39, 0.29) is 0 Å². The standard InChI is InChI=1S/C14H18O/c1-5-11(3)9-13-7-8-14(15-4)10-12(13)6-2/h6-10H,2,5H2,1,3-4H3/b11-9+. The number of ether oxygens (including phenoxy) is 1. The molecule has 0 N–H and O–H groups in total. The molecule has 0 saturated heterocycles. The van der Waals surface area contributed by atoms with Gasteiger partial charge in [-0.15, -0.1) is 0 Å². The first-order valence-corrected chi connectivity index (χ1v) is 5.19. The molecule has 0 fully saturated rings. The summed E-state index contributed by atoms with van der Waals surface area (Å²) in [4.78, 5) is 0. The van der Waals surface area contributed by atoms with E-state index >= 15 is 0 Å². The largest absolute Gasteiger partial charge is 0.497 e. The van der Waals surface area contributed by atoms with Crippen molar-refractivity contribution in [1.82, 2.24) is 0 Å². The highest BCUT2D eigenvalue weighted by Gasteiger charge is 1.99. The minimum Gasteiger partial charge on any atom is -0.497 e. The highest BCUT2D eigenvalue weighted by molar-refractivity contribution is 5.67. The van der Waals surface area contributed by atoms with E-state index in [0.717, 1.165) is 17.7 Å². The molecule has 0 aliphatic rings. The summed E-state index contributed by atoms with van der Waals surface area (Å²) in [6.07, 6.45) is 5.12. The highest BCUT2D eigenvalue weighted by Crippen LogP contribution is 2.21. The maximum atomic E-state index is 5.17. The second-order valence-electron chi connectivity index (χ2n) is 3.54. The third-order valence-corrected chi connectivity index (χ3v) is 2.47. The van der Waals surface area contributed by atoms with Gasteiger partial charge in [0, 0.05) is 0 Å². The fraction of sp³-hybridized carbons (Fsp3) is 0.286. The van der Waals surface area contributed by atoms with Gasteiger partial charge in [-0.2, -0.15) is 0 Å². The molecule has 1 rings (SSSR count). The van der Waals surface area contributed by atoms with Crippen LogP contribution in [0.25, 0.3) is 12.2 Å².